The van der Waals surface area contributed by atoms with E-state index >= 15 is 0 Å². The van der Waals surface area contributed by atoms with Crippen LogP contribution in [0.2, 0.25) is 0 Å². The lowest BCUT2D eigenvalue weighted by atomic mass is 9.90. The van der Waals surface area contributed by atoms with Crippen LogP contribution in [0.3, 0.4) is 0 Å². The lowest BCUT2D eigenvalue weighted by molar-refractivity contribution is -0.00650. The zero-order valence-corrected chi connectivity index (χ0v) is 10.6. The third kappa shape index (κ3) is 3.17. The van der Waals surface area contributed by atoms with Gasteiger partial charge >= 0.3 is 0 Å². The molecular formula is C12H25N3O. The molecular weight excluding hydrogens is 202 g/mol. The summed E-state index contributed by atoms with van der Waals surface area (Å²) in [7, 11) is 4.36. The summed E-state index contributed by atoms with van der Waals surface area (Å²) in [5, 5.41) is 3.53. The molecule has 2 fully saturated rings. The summed E-state index contributed by atoms with van der Waals surface area (Å²) >= 11 is 0. The van der Waals surface area contributed by atoms with Crippen LogP contribution in [-0.2, 0) is 4.74 Å². The molecule has 0 aromatic carbocycles. The van der Waals surface area contributed by atoms with Gasteiger partial charge in [0, 0.05) is 32.2 Å². The SMILES string of the molecule is CN(C)CC1CCNCC1N1CCOCC1. The molecule has 2 heterocycles. The number of piperidine rings is 1. The number of nitrogens with one attached hydrogen (secondary N) is 1. The van der Waals surface area contributed by atoms with Crippen LogP contribution < -0.4 is 5.32 Å². The summed E-state index contributed by atoms with van der Waals surface area (Å²) in [6.45, 7) is 7.57. The van der Waals surface area contributed by atoms with Gasteiger partial charge in [0.25, 0.3) is 0 Å². The van der Waals surface area contributed by atoms with Gasteiger partial charge in [-0.1, -0.05) is 0 Å². The smallest absolute Gasteiger partial charge is 0.0594 e. The van der Waals surface area contributed by atoms with Gasteiger partial charge in [0.1, 0.15) is 0 Å². The Hall–Kier alpha value is -0.160. The highest BCUT2D eigenvalue weighted by molar-refractivity contribution is 4.87. The Kier molecular flexibility index (Phi) is 4.58. The van der Waals surface area contributed by atoms with Crippen LogP contribution in [0.15, 0.2) is 0 Å². The number of ether oxygens (including phenoxy) is 1. The second-order valence-corrected chi connectivity index (χ2v) is 5.23. The molecule has 0 aromatic heterocycles. The van der Waals surface area contributed by atoms with E-state index in [-0.39, 0.29) is 0 Å². The van der Waals surface area contributed by atoms with Gasteiger partial charge in [0.15, 0.2) is 0 Å². The number of hydrogen-bond acceptors (Lipinski definition) is 4. The summed E-state index contributed by atoms with van der Waals surface area (Å²) in [6, 6.07) is 0.708. The van der Waals surface area contributed by atoms with Crippen molar-refractivity contribution in [2.75, 3.05) is 60.0 Å². The van der Waals surface area contributed by atoms with E-state index in [1.54, 1.807) is 0 Å². The Balaban J connectivity index is 1.92. The van der Waals surface area contributed by atoms with Crippen molar-refractivity contribution in [3.05, 3.63) is 0 Å². The van der Waals surface area contributed by atoms with Gasteiger partial charge < -0.3 is 15.0 Å². The maximum atomic E-state index is 5.43. The average molecular weight is 227 g/mol. The molecule has 1 N–H and O–H groups in total. The molecule has 0 aliphatic carbocycles. The first kappa shape index (κ1) is 12.3. The molecule has 4 heteroatoms. The van der Waals surface area contributed by atoms with E-state index < -0.39 is 0 Å². The standard InChI is InChI=1S/C12H25N3O/c1-14(2)10-11-3-4-13-9-12(11)15-5-7-16-8-6-15/h11-13H,3-10H2,1-2H3. The molecule has 0 spiro atoms. The van der Waals surface area contributed by atoms with Gasteiger partial charge in [-0.15, -0.1) is 0 Å². The Morgan fingerprint density at radius 2 is 2.06 bits per heavy atom. The molecule has 0 saturated carbocycles. The Morgan fingerprint density at radius 1 is 1.31 bits per heavy atom. The first-order chi connectivity index (χ1) is 7.77. The minimum Gasteiger partial charge on any atom is -0.379 e. The molecule has 2 atom stereocenters. The van der Waals surface area contributed by atoms with Crippen molar-refractivity contribution >= 4 is 0 Å². The minimum absolute atomic E-state index is 0.708. The third-order valence-corrected chi connectivity index (χ3v) is 3.70. The maximum absolute atomic E-state index is 5.43. The molecule has 2 aliphatic heterocycles. The second-order valence-electron chi connectivity index (χ2n) is 5.23. The molecule has 94 valence electrons. The average Bonchev–Trinajstić information content (AvgIpc) is 2.30. The van der Waals surface area contributed by atoms with Gasteiger partial charge in [-0.25, -0.2) is 0 Å². The van der Waals surface area contributed by atoms with Crippen LogP contribution in [0.4, 0.5) is 0 Å². The highest BCUT2D eigenvalue weighted by atomic mass is 16.5. The van der Waals surface area contributed by atoms with Crippen LogP contribution in [0.5, 0.6) is 0 Å². The van der Waals surface area contributed by atoms with Crippen molar-refractivity contribution in [3.63, 3.8) is 0 Å². The van der Waals surface area contributed by atoms with Gasteiger partial charge in [-0.05, 0) is 33.0 Å². The fraction of sp³-hybridized carbons (Fsp3) is 1.00. The van der Waals surface area contributed by atoms with Gasteiger partial charge in [0.2, 0.25) is 0 Å². The van der Waals surface area contributed by atoms with Gasteiger partial charge in [0.05, 0.1) is 13.2 Å². The molecule has 2 rings (SSSR count). The van der Waals surface area contributed by atoms with E-state index in [1.807, 2.05) is 0 Å². The monoisotopic (exact) mass is 227 g/mol. The fourth-order valence-corrected chi connectivity index (χ4v) is 2.91. The molecule has 2 saturated heterocycles. The Morgan fingerprint density at radius 3 is 2.75 bits per heavy atom. The number of nitrogens with zero attached hydrogens (tertiary/aromatic N) is 2. The van der Waals surface area contributed by atoms with Crippen molar-refractivity contribution < 1.29 is 4.74 Å². The van der Waals surface area contributed by atoms with Crippen LogP contribution in [0.25, 0.3) is 0 Å². The van der Waals surface area contributed by atoms with E-state index in [4.69, 9.17) is 4.74 Å². The summed E-state index contributed by atoms with van der Waals surface area (Å²) in [5.41, 5.74) is 0. The minimum atomic E-state index is 0.708. The van der Waals surface area contributed by atoms with Crippen LogP contribution in [0.1, 0.15) is 6.42 Å². The topological polar surface area (TPSA) is 27.7 Å². The third-order valence-electron chi connectivity index (χ3n) is 3.70. The normalized spacial score (nSPS) is 33.2. The van der Waals surface area contributed by atoms with Gasteiger partial charge in [-0.3, -0.25) is 4.90 Å². The predicted molar refractivity (Wildman–Crippen MR) is 65.7 cm³/mol. The Labute approximate surface area is 98.9 Å². The molecule has 0 bridgehead atoms. The lowest BCUT2D eigenvalue weighted by Gasteiger charge is -2.42. The van der Waals surface area contributed by atoms with Crippen molar-refractivity contribution in [2.45, 2.75) is 12.5 Å². The summed E-state index contributed by atoms with van der Waals surface area (Å²) in [6.07, 6.45) is 1.31. The summed E-state index contributed by atoms with van der Waals surface area (Å²) in [5.74, 6) is 0.814. The zero-order valence-electron chi connectivity index (χ0n) is 10.6. The Bertz CT molecular complexity index is 204. The first-order valence-corrected chi connectivity index (χ1v) is 6.44. The van der Waals surface area contributed by atoms with Crippen molar-refractivity contribution in [1.82, 2.24) is 15.1 Å². The zero-order chi connectivity index (χ0) is 11.4. The maximum Gasteiger partial charge on any atom is 0.0594 e. The van der Waals surface area contributed by atoms with Crippen molar-refractivity contribution in [1.29, 1.82) is 0 Å². The largest absolute Gasteiger partial charge is 0.379 e. The molecule has 4 nitrogen and oxygen atoms in total. The highest BCUT2D eigenvalue weighted by Gasteiger charge is 2.30. The lowest BCUT2D eigenvalue weighted by Crippen LogP contribution is -2.56. The van der Waals surface area contributed by atoms with E-state index in [2.05, 4.69) is 29.2 Å². The second kappa shape index (κ2) is 5.96. The molecule has 2 aliphatic rings. The summed E-state index contributed by atoms with van der Waals surface area (Å²) in [4.78, 5) is 4.94. The molecule has 0 radical (unpaired) electrons. The molecule has 0 aromatic rings. The number of hydrogen-bond donors (Lipinski definition) is 1. The fourth-order valence-electron chi connectivity index (χ4n) is 2.91. The predicted octanol–water partition coefficient (Wildman–Crippen LogP) is -0.142. The molecule has 2 unspecified atom stereocenters. The van der Waals surface area contributed by atoms with Crippen molar-refractivity contribution in [3.8, 4) is 0 Å². The van der Waals surface area contributed by atoms with Crippen molar-refractivity contribution in [2.24, 2.45) is 5.92 Å². The van der Waals surface area contributed by atoms with Crippen LogP contribution in [0, 0.1) is 5.92 Å². The van der Waals surface area contributed by atoms with E-state index in [0.29, 0.717) is 6.04 Å². The quantitative estimate of drug-likeness (QED) is 0.726. The first-order valence-electron chi connectivity index (χ1n) is 6.44. The summed E-state index contributed by atoms with van der Waals surface area (Å²) < 4.78 is 5.43. The van der Waals surface area contributed by atoms with E-state index in [0.717, 1.165) is 38.8 Å². The van der Waals surface area contributed by atoms with E-state index in [1.165, 1.54) is 19.5 Å². The highest BCUT2D eigenvalue weighted by Crippen LogP contribution is 2.20. The number of morpholine rings is 1. The molecule has 0 amide bonds. The number of rotatable bonds is 3. The molecule has 16 heavy (non-hydrogen) atoms. The van der Waals surface area contributed by atoms with Gasteiger partial charge in [-0.2, -0.15) is 0 Å². The van der Waals surface area contributed by atoms with Crippen LogP contribution in [-0.4, -0.2) is 75.9 Å². The van der Waals surface area contributed by atoms with Crippen LogP contribution >= 0.6 is 0 Å². The van der Waals surface area contributed by atoms with E-state index in [9.17, 15) is 0 Å².